The topological polar surface area (TPSA) is 81.4 Å². The van der Waals surface area contributed by atoms with Crippen molar-refractivity contribution in [2.75, 3.05) is 7.11 Å². The zero-order valence-corrected chi connectivity index (χ0v) is 13.8. The van der Waals surface area contributed by atoms with E-state index in [4.69, 9.17) is 10.5 Å². The Morgan fingerprint density at radius 3 is 2.29 bits per heavy atom. The Kier molecular flexibility index (Phi) is 6.65. The summed E-state index contributed by atoms with van der Waals surface area (Å²) in [6.07, 6.45) is 6.75. The molecule has 0 radical (unpaired) electrons. The molecule has 0 unspecified atom stereocenters. The minimum absolute atomic E-state index is 0.258. The van der Waals surface area contributed by atoms with Crippen molar-refractivity contribution in [3.8, 4) is 0 Å². The summed E-state index contributed by atoms with van der Waals surface area (Å²) in [5.41, 5.74) is 5.61. The summed E-state index contributed by atoms with van der Waals surface area (Å²) in [4.78, 5) is 24.1. The molecule has 0 aromatic rings. The molecule has 0 aromatic heterocycles. The van der Waals surface area contributed by atoms with Gasteiger partial charge in [-0.05, 0) is 17.8 Å². The van der Waals surface area contributed by atoms with Crippen LogP contribution in [0, 0.1) is 11.3 Å². The number of hydrogen-bond acceptors (Lipinski definition) is 4. The largest absolute Gasteiger partial charge is 0.467 e. The molecular weight excluding hydrogens is 268 g/mol. The van der Waals surface area contributed by atoms with Gasteiger partial charge < -0.3 is 15.8 Å². The molecule has 1 aliphatic rings. The average molecular weight is 298 g/mol. The normalized spacial score (nSPS) is 19.7. The molecule has 5 nitrogen and oxygen atoms in total. The molecular formula is C16H30N2O3. The second kappa shape index (κ2) is 7.78. The molecule has 21 heavy (non-hydrogen) atoms. The van der Waals surface area contributed by atoms with Crippen LogP contribution in [0.1, 0.15) is 59.3 Å². The van der Waals surface area contributed by atoms with Gasteiger partial charge in [-0.25, -0.2) is 4.79 Å². The van der Waals surface area contributed by atoms with Crippen LogP contribution >= 0.6 is 0 Å². The number of hydrogen-bond donors (Lipinski definition) is 2. The fourth-order valence-electron chi connectivity index (χ4n) is 2.89. The summed E-state index contributed by atoms with van der Waals surface area (Å²) in [6, 6.07) is -1.23. The molecule has 122 valence electrons. The summed E-state index contributed by atoms with van der Waals surface area (Å²) >= 11 is 0. The van der Waals surface area contributed by atoms with Crippen LogP contribution in [0.25, 0.3) is 0 Å². The predicted molar refractivity (Wildman–Crippen MR) is 82.6 cm³/mol. The fraction of sp³-hybridized carbons (Fsp3) is 0.875. The number of carbonyl (C=O) groups excluding carboxylic acids is 2. The zero-order valence-electron chi connectivity index (χ0n) is 13.8. The summed E-state index contributed by atoms with van der Waals surface area (Å²) in [6.45, 7) is 5.67. The van der Waals surface area contributed by atoms with Gasteiger partial charge in [0.2, 0.25) is 5.91 Å². The van der Waals surface area contributed by atoms with Gasteiger partial charge in [-0.3, -0.25) is 4.79 Å². The molecule has 0 spiro atoms. The average Bonchev–Trinajstić information content (AvgIpc) is 2.43. The van der Waals surface area contributed by atoms with Gasteiger partial charge in [0, 0.05) is 0 Å². The van der Waals surface area contributed by atoms with E-state index in [1.54, 1.807) is 0 Å². The third-order valence-electron chi connectivity index (χ3n) is 4.24. The van der Waals surface area contributed by atoms with Crippen LogP contribution in [-0.2, 0) is 14.3 Å². The summed E-state index contributed by atoms with van der Waals surface area (Å²) in [5, 5.41) is 2.76. The Labute approximate surface area is 128 Å². The van der Waals surface area contributed by atoms with Crippen LogP contribution in [0.3, 0.4) is 0 Å². The Morgan fingerprint density at radius 1 is 1.24 bits per heavy atom. The lowest BCUT2D eigenvalue weighted by atomic mass is 9.84. The van der Waals surface area contributed by atoms with Gasteiger partial charge in [0.05, 0.1) is 13.2 Å². The van der Waals surface area contributed by atoms with Crippen LogP contribution in [0.4, 0.5) is 0 Å². The van der Waals surface area contributed by atoms with Crippen LogP contribution in [0.15, 0.2) is 0 Å². The Morgan fingerprint density at radius 2 is 1.81 bits per heavy atom. The predicted octanol–water partition coefficient (Wildman–Crippen LogP) is 1.99. The fourth-order valence-corrected chi connectivity index (χ4v) is 2.89. The monoisotopic (exact) mass is 298 g/mol. The van der Waals surface area contributed by atoms with E-state index in [9.17, 15) is 9.59 Å². The molecule has 0 bridgehead atoms. The minimum Gasteiger partial charge on any atom is -0.467 e. The molecule has 1 fully saturated rings. The number of ether oxygens (including phenoxy) is 1. The number of nitrogens with one attached hydrogen (secondary N) is 1. The van der Waals surface area contributed by atoms with Crippen molar-refractivity contribution >= 4 is 11.9 Å². The van der Waals surface area contributed by atoms with E-state index in [2.05, 4.69) is 5.32 Å². The van der Waals surface area contributed by atoms with E-state index in [1.807, 2.05) is 20.8 Å². The summed E-state index contributed by atoms with van der Waals surface area (Å²) in [7, 11) is 1.33. The third-order valence-corrected chi connectivity index (χ3v) is 4.24. The van der Waals surface area contributed by atoms with Crippen LogP contribution in [0.5, 0.6) is 0 Å². The maximum Gasteiger partial charge on any atom is 0.328 e. The first kappa shape index (κ1) is 18.0. The first-order chi connectivity index (χ1) is 9.75. The standard InChI is InChI=1S/C16H30N2O3/c1-16(2,3)13(15(20)21-4)18-14(19)12(17)10-11-8-6-5-7-9-11/h11-13H,5-10,17H2,1-4H3,(H,18,19)/t12-,13+/m0/s1. The quantitative estimate of drug-likeness (QED) is 0.761. The highest BCUT2D eigenvalue weighted by molar-refractivity contribution is 5.87. The van der Waals surface area contributed by atoms with Gasteiger partial charge >= 0.3 is 5.97 Å². The zero-order chi connectivity index (χ0) is 16.0. The van der Waals surface area contributed by atoms with E-state index in [1.165, 1.54) is 26.4 Å². The van der Waals surface area contributed by atoms with E-state index < -0.39 is 23.5 Å². The first-order valence-electron chi connectivity index (χ1n) is 7.89. The highest BCUT2D eigenvalue weighted by atomic mass is 16.5. The molecule has 1 aliphatic carbocycles. The Balaban J connectivity index is 2.57. The molecule has 1 saturated carbocycles. The molecule has 2 atom stereocenters. The highest BCUT2D eigenvalue weighted by Gasteiger charge is 2.35. The molecule has 5 heteroatoms. The van der Waals surface area contributed by atoms with Gasteiger partial charge in [0.1, 0.15) is 6.04 Å². The van der Waals surface area contributed by atoms with Gasteiger partial charge in [0.15, 0.2) is 0 Å². The Hall–Kier alpha value is -1.10. The van der Waals surface area contributed by atoms with Crippen LogP contribution in [-0.4, -0.2) is 31.1 Å². The van der Waals surface area contributed by atoms with Crippen molar-refractivity contribution in [3.05, 3.63) is 0 Å². The molecule has 1 rings (SSSR count). The number of amides is 1. The molecule has 0 heterocycles. The molecule has 0 aliphatic heterocycles. The number of methoxy groups -OCH3 is 1. The lowest BCUT2D eigenvalue weighted by molar-refractivity contribution is -0.148. The molecule has 3 N–H and O–H groups in total. The second-order valence-electron chi connectivity index (χ2n) is 7.18. The third kappa shape index (κ3) is 5.65. The highest BCUT2D eigenvalue weighted by Crippen LogP contribution is 2.27. The van der Waals surface area contributed by atoms with E-state index in [-0.39, 0.29) is 5.91 Å². The SMILES string of the molecule is COC(=O)[C@@H](NC(=O)[C@@H](N)CC1CCCCC1)C(C)(C)C. The van der Waals surface area contributed by atoms with Gasteiger partial charge in [-0.2, -0.15) is 0 Å². The summed E-state index contributed by atoms with van der Waals surface area (Å²) < 4.78 is 4.77. The lowest BCUT2D eigenvalue weighted by Gasteiger charge is -2.31. The van der Waals surface area contributed by atoms with Crippen molar-refractivity contribution in [1.29, 1.82) is 0 Å². The minimum atomic E-state index is -0.674. The van der Waals surface area contributed by atoms with Crippen LogP contribution < -0.4 is 11.1 Å². The van der Waals surface area contributed by atoms with Crippen molar-refractivity contribution in [3.63, 3.8) is 0 Å². The first-order valence-corrected chi connectivity index (χ1v) is 7.89. The Bertz CT molecular complexity index is 357. The number of nitrogens with two attached hydrogens (primary N) is 1. The van der Waals surface area contributed by atoms with Crippen molar-refractivity contribution in [2.24, 2.45) is 17.1 Å². The van der Waals surface area contributed by atoms with Crippen molar-refractivity contribution in [2.45, 2.75) is 71.4 Å². The van der Waals surface area contributed by atoms with E-state index in [0.717, 1.165) is 12.8 Å². The maximum absolute atomic E-state index is 12.3. The number of rotatable bonds is 5. The lowest BCUT2D eigenvalue weighted by Crippen LogP contribution is -2.54. The van der Waals surface area contributed by atoms with Crippen molar-refractivity contribution < 1.29 is 14.3 Å². The smallest absolute Gasteiger partial charge is 0.328 e. The second-order valence-corrected chi connectivity index (χ2v) is 7.18. The number of carbonyl (C=O) groups is 2. The van der Waals surface area contributed by atoms with E-state index >= 15 is 0 Å². The molecule has 0 saturated heterocycles. The van der Waals surface area contributed by atoms with Crippen molar-refractivity contribution in [1.82, 2.24) is 5.32 Å². The van der Waals surface area contributed by atoms with E-state index in [0.29, 0.717) is 12.3 Å². The van der Waals surface area contributed by atoms with Gasteiger partial charge in [-0.15, -0.1) is 0 Å². The number of esters is 1. The molecule has 1 amide bonds. The van der Waals surface area contributed by atoms with Gasteiger partial charge in [-0.1, -0.05) is 52.9 Å². The molecule has 0 aromatic carbocycles. The van der Waals surface area contributed by atoms with Gasteiger partial charge in [0.25, 0.3) is 0 Å². The van der Waals surface area contributed by atoms with Crippen LogP contribution in [0.2, 0.25) is 0 Å². The maximum atomic E-state index is 12.3. The summed E-state index contributed by atoms with van der Waals surface area (Å²) in [5.74, 6) is -0.155.